The molecule has 0 saturated carbocycles. The summed E-state index contributed by atoms with van der Waals surface area (Å²) >= 11 is 0. The van der Waals surface area contributed by atoms with Gasteiger partial charge in [-0.25, -0.2) is 9.50 Å². The van der Waals surface area contributed by atoms with Gasteiger partial charge in [-0.3, -0.25) is 9.59 Å². The maximum Gasteiger partial charge on any atom is 0.272 e. The van der Waals surface area contributed by atoms with Crippen molar-refractivity contribution in [3.63, 3.8) is 0 Å². The van der Waals surface area contributed by atoms with Crippen LogP contribution in [-0.4, -0.2) is 51.5 Å². The van der Waals surface area contributed by atoms with Crippen molar-refractivity contribution in [1.82, 2.24) is 19.5 Å². The van der Waals surface area contributed by atoms with Crippen LogP contribution in [0.2, 0.25) is 0 Å². The summed E-state index contributed by atoms with van der Waals surface area (Å²) in [7, 11) is 1.62. The van der Waals surface area contributed by atoms with Crippen molar-refractivity contribution in [3.8, 4) is 17.0 Å². The average molecular weight is 436 g/mol. The number of fused-ring (bicyclic) bond motifs is 1. The highest BCUT2D eigenvalue weighted by atomic mass is 16.5. The minimum atomic E-state index is -0.302. The zero-order chi connectivity index (χ0) is 23.0. The van der Waals surface area contributed by atoms with Crippen LogP contribution in [0.5, 0.6) is 5.75 Å². The summed E-state index contributed by atoms with van der Waals surface area (Å²) in [5, 5.41) is 4.80. The van der Waals surface area contributed by atoms with Crippen molar-refractivity contribution < 1.29 is 14.3 Å². The molecule has 1 fully saturated rings. The number of para-hydroxylation sites is 1. The molecular weight excluding hydrogens is 406 g/mol. The summed E-state index contributed by atoms with van der Waals surface area (Å²) in [6.07, 6.45) is 1.15. The topological polar surface area (TPSA) is 103 Å². The lowest BCUT2D eigenvalue weighted by Gasteiger charge is -2.30. The van der Waals surface area contributed by atoms with Crippen molar-refractivity contribution in [2.45, 2.75) is 39.0 Å². The van der Waals surface area contributed by atoms with Gasteiger partial charge in [0.15, 0.2) is 5.65 Å². The number of carbonyl (C=O) groups is 2. The van der Waals surface area contributed by atoms with E-state index in [1.54, 1.807) is 22.6 Å². The summed E-state index contributed by atoms with van der Waals surface area (Å²) < 4.78 is 7.35. The van der Waals surface area contributed by atoms with E-state index in [2.05, 4.69) is 25.8 Å². The molecule has 1 aliphatic rings. The van der Waals surface area contributed by atoms with Gasteiger partial charge in [-0.2, -0.15) is 5.10 Å². The molecule has 2 N–H and O–H groups in total. The number of ether oxygens (including phenoxy) is 1. The van der Waals surface area contributed by atoms with Gasteiger partial charge in [-0.05, 0) is 31.0 Å². The normalized spacial score (nSPS) is 15.2. The van der Waals surface area contributed by atoms with Crippen molar-refractivity contribution in [2.24, 2.45) is 11.7 Å². The SMILES string of the molecule is COc1ccccc1-c1cc(C(=O)N2CCC(C(N)=O)CC2)nc2cc(C(C)(C)C)nn12. The van der Waals surface area contributed by atoms with Crippen molar-refractivity contribution in [1.29, 1.82) is 0 Å². The number of methoxy groups -OCH3 is 1. The zero-order valence-corrected chi connectivity index (χ0v) is 19.0. The molecule has 0 atom stereocenters. The Labute approximate surface area is 187 Å². The molecule has 1 saturated heterocycles. The molecule has 0 radical (unpaired) electrons. The number of hydrogen-bond acceptors (Lipinski definition) is 5. The molecular formula is C24H29N5O3. The smallest absolute Gasteiger partial charge is 0.272 e. The number of primary amides is 1. The Balaban J connectivity index is 1.80. The van der Waals surface area contributed by atoms with Gasteiger partial charge in [-0.1, -0.05) is 32.9 Å². The van der Waals surface area contributed by atoms with Crippen molar-refractivity contribution >= 4 is 17.5 Å². The first kappa shape index (κ1) is 21.8. The molecule has 1 aliphatic heterocycles. The maximum absolute atomic E-state index is 13.3. The summed E-state index contributed by atoms with van der Waals surface area (Å²) in [5.41, 5.74) is 8.65. The maximum atomic E-state index is 13.3. The molecule has 0 unspecified atom stereocenters. The number of likely N-dealkylation sites (tertiary alicyclic amines) is 1. The van der Waals surface area contributed by atoms with Crippen molar-refractivity contribution in [3.05, 3.63) is 47.8 Å². The molecule has 32 heavy (non-hydrogen) atoms. The van der Waals surface area contributed by atoms with E-state index in [0.29, 0.717) is 43.0 Å². The Morgan fingerprint density at radius 3 is 2.44 bits per heavy atom. The van der Waals surface area contributed by atoms with Gasteiger partial charge in [0, 0.05) is 36.1 Å². The first-order valence-corrected chi connectivity index (χ1v) is 10.8. The van der Waals surface area contributed by atoms with Gasteiger partial charge in [-0.15, -0.1) is 0 Å². The number of carbonyl (C=O) groups excluding carboxylic acids is 2. The van der Waals surface area contributed by atoms with Crippen LogP contribution < -0.4 is 10.5 Å². The van der Waals surface area contributed by atoms with Gasteiger partial charge in [0.05, 0.1) is 18.5 Å². The quantitative estimate of drug-likeness (QED) is 0.679. The molecule has 8 nitrogen and oxygen atoms in total. The lowest BCUT2D eigenvalue weighted by Crippen LogP contribution is -2.42. The third-order valence-electron chi connectivity index (χ3n) is 5.98. The van der Waals surface area contributed by atoms with Gasteiger partial charge in [0.2, 0.25) is 5.91 Å². The second-order valence-electron chi connectivity index (χ2n) is 9.25. The monoisotopic (exact) mass is 435 g/mol. The summed E-state index contributed by atoms with van der Waals surface area (Å²) in [5.74, 6) is 0.0467. The number of aromatic nitrogens is 3. The number of nitrogens with two attached hydrogens (primary N) is 1. The van der Waals surface area contributed by atoms with Crippen LogP contribution >= 0.6 is 0 Å². The number of nitrogens with zero attached hydrogens (tertiary/aromatic N) is 4. The van der Waals surface area contributed by atoms with Crippen LogP contribution in [0.15, 0.2) is 36.4 Å². The third-order valence-corrected chi connectivity index (χ3v) is 5.98. The van der Waals surface area contributed by atoms with Crippen LogP contribution in [0.3, 0.4) is 0 Å². The molecule has 2 amide bonds. The Hall–Kier alpha value is -3.42. The fourth-order valence-electron chi connectivity index (χ4n) is 4.03. The number of rotatable bonds is 4. The molecule has 3 heterocycles. The molecule has 1 aromatic carbocycles. The molecule has 3 aromatic rings. The van der Waals surface area contributed by atoms with E-state index in [1.165, 1.54) is 0 Å². The second kappa shape index (κ2) is 8.26. The number of hydrogen-bond donors (Lipinski definition) is 1. The minimum absolute atomic E-state index is 0.162. The van der Waals surface area contributed by atoms with Gasteiger partial charge >= 0.3 is 0 Å². The Morgan fingerprint density at radius 1 is 1.12 bits per heavy atom. The molecule has 0 spiro atoms. The number of amides is 2. The molecule has 2 aromatic heterocycles. The molecule has 0 aliphatic carbocycles. The number of benzene rings is 1. The van der Waals surface area contributed by atoms with Gasteiger partial charge in [0.1, 0.15) is 11.4 Å². The highest BCUT2D eigenvalue weighted by Gasteiger charge is 2.28. The van der Waals surface area contributed by atoms with E-state index in [0.717, 1.165) is 17.0 Å². The highest BCUT2D eigenvalue weighted by molar-refractivity contribution is 5.94. The fraction of sp³-hybridized carbons (Fsp3) is 0.417. The second-order valence-corrected chi connectivity index (χ2v) is 9.25. The molecule has 4 rings (SSSR count). The molecule has 0 bridgehead atoms. The van der Waals surface area contributed by atoms with E-state index in [4.69, 9.17) is 15.6 Å². The summed E-state index contributed by atoms with van der Waals surface area (Å²) in [4.78, 5) is 31.2. The molecule has 8 heteroatoms. The first-order valence-electron chi connectivity index (χ1n) is 10.8. The van der Waals surface area contributed by atoms with Crippen LogP contribution in [0, 0.1) is 5.92 Å². The van der Waals surface area contributed by atoms with Gasteiger partial charge in [0.25, 0.3) is 5.91 Å². The third kappa shape index (κ3) is 4.04. The number of piperidine rings is 1. The Bertz CT molecular complexity index is 1170. The van der Waals surface area contributed by atoms with E-state index >= 15 is 0 Å². The van der Waals surface area contributed by atoms with Crippen molar-refractivity contribution in [2.75, 3.05) is 20.2 Å². The average Bonchev–Trinajstić information content (AvgIpc) is 3.23. The van der Waals surface area contributed by atoms with Gasteiger partial charge < -0.3 is 15.4 Å². The molecule has 168 valence electrons. The van der Waals surface area contributed by atoms with Crippen LogP contribution in [-0.2, 0) is 10.2 Å². The summed E-state index contributed by atoms with van der Waals surface area (Å²) in [6, 6.07) is 11.3. The Morgan fingerprint density at radius 2 is 1.81 bits per heavy atom. The lowest BCUT2D eigenvalue weighted by molar-refractivity contribution is -0.123. The minimum Gasteiger partial charge on any atom is -0.496 e. The lowest BCUT2D eigenvalue weighted by atomic mass is 9.93. The highest BCUT2D eigenvalue weighted by Crippen LogP contribution is 2.32. The van der Waals surface area contributed by atoms with Crippen LogP contribution in [0.25, 0.3) is 16.9 Å². The predicted octanol–water partition coefficient (Wildman–Crippen LogP) is 3.04. The first-order chi connectivity index (χ1) is 15.2. The van der Waals surface area contributed by atoms with Crippen LogP contribution in [0.1, 0.15) is 49.8 Å². The Kier molecular flexibility index (Phi) is 5.62. The van der Waals surface area contributed by atoms with E-state index in [-0.39, 0.29) is 23.1 Å². The fourth-order valence-corrected chi connectivity index (χ4v) is 4.03. The summed E-state index contributed by atoms with van der Waals surface area (Å²) in [6.45, 7) is 7.23. The largest absolute Gasteiger partial charge is 0.496 e. The van der Waals surface area contributed by atoms with E-state index in [9.17, 15) is 9.59 Å². The predicted molar refractivity (Wildman–Crippen MR) is 121 cm³/mol. The van der Waals surface area contributed by atoms with Crippen LogP contribution in [0.4, 0.5) is 0 Å². The zero-order valence-electron chi connectivity index (χ0n) is 19.0. The van der Waals surface area contributed by atoms with E-state index < -0.39 is 0 Å². The standard InChI is InChI=1S/C24H29N5O3/c1-24(2,3)20-14-21-26-17(23(31)28-11-9-15(10-12-28)22(25)30)13-18(29(21)27-20)16-7-5-6-8-19(16)32-4/h5-8,13-15H,9-12H2,1-4H3,(H2,25,30). The van der Waals surface area contributed by atoms with E-state index in [1.807, 2.05) is 30.3 Å².